The summed E-state index contributed by atoms with van der Waals surface area (Å²) in [6.07, 6.45) is 2.16. The molecule has 1 fully saturated rings. The number of piperazine rings is 1. The molecule has 0 aromatic heterocycles. The van der Waals surface area contributed by atoms with E-state index in [0.29, 0.717) is 13.2 Å². The summed E-state index contributed by atoms with van der Waals surface area (Å²) in [6.45, 7) is 12.8. The number of hydrogen-bond donors (Lipinski definition) is 3. The first-order valence-corrected chi connectivity index (χ1v) is 11.2. The maximum atomic E-state index is 10.5. The summed E-state index contributed by atoms with van der Waals surface area (Å²) in [4.78, 5) is 22.9. The summed E-state index contributed by atoms with van der Waals surface area (Å²) in [5.74, 6) is -2.81. The number of aliphatic carboxylic acids is 2. The third kappa shape index (κ3) is 8.88. The second kappa shape index (κ2) is 13.4. The fourth-order valence-electron chi connectivity index (χ4n) is 3.65. The average Bonchev–Trinajstić information content (AvgIpc) is 2.80. The van der Waals surface area contributed by atoms with Gasteiger partial charge in [0.05, 0.1) is 0 Å². The number of hydrogen-bond acceptors (Lipinski definition) is 6. The number of aliphatic hydroxyl groups excluding tert-OH is 1. The molecular formula is C26H34N2O6. The Hall–Kier alpha value is -3.36. The van der Waals surface area contributed by atoms with Gasteiger partial charge < -0.3 is 25.0 Å². The monoisotopic (exact) mass is 470 g/mol. The van der Waals surface area contributed by atoms with Gasteiger partial charge in [0.25, 0.3) is 0 Å². The molecule has 2 aromatic carbocycles. The third-order valence-electron chi connectivity index (χ3n) is 5.43. The van der Waals surface area contributed by atoms with Crippen molar-refractivity contribution in [2.45, 2.75) is 26.4 Å². The van der Waals surface area contributed by atoms with E-state index in [9.17, 15) is 5.11 Å². The lowest BCUT2D eigenvalue weighted by molar-refractivity contribution is -0.159. The van der Waals surface area contributed by atoms with Gasteiger partial charge in [-0.05, 0) is 44.0 Å². The number of benzene rings is 2. The van der Waals surface area contributed by atoms with Gasteiger partial charge in [-0.3, -0.25) is 4.90 Å². The number of β-amino-alcohol motifs (C(OH)–C–C–N with tert-alkyl or cyclic N) is 1. The Kier molecular flexibility index (Phi) is 10.6. The normalized spacial score (nSPS) is 14.5. The van der Waals surface area contributed by atoms with Crippen LogP contribution >= 0.6 is 0 Å². The number of carbonyl (C=O) groups is 2. The first-order valence-electron chi connectivity index (χ1n) is 11.2. The van der Waals surface area contributed by atoms with Crippen LogP contribution < -0.4 is 9.64 Å². The summed E-state index contributed by atoms with van der Waals surface area (Å²) in [5, 5.41) is 25.2. The van der Waals surface area contributed by atoms with E-state index in [-0.39, 0.29) is 0 Å². The highest BCUT2D eigenvalue weighted by Gasteiger charge is 2.20. The molecule has 1 aliphatic rings. The minimum Gasteiger partial charge on any atom is -0.491 e. The van der Waals surface area contributed by atoms with Crippen molar-refractivity contribution < 1.29 is 29.6 Å². The standard InChI is InChI=1S/C24H32N2O2.C2H2O4/c1-4-5-21-16-20(3)8-11-24(21)28-18-23(27)17-25-12-14-26(15-13-25)22-9-6-19(2)7-10-22;3-1(4)2(5)6/h4,6-11,16,23,27H,1,5,12-15,17-18H2,2-3H3;(H,3,4)(H,5,6). The lowest BCUT2D eigenvalue weighted by Crippen LogP contribution is -2.49. The molecule has 1 heterocycles. The van der Waals surface area contributed by atoms with Crippen LogP contribution in [0.15, 0.2) is 55.1 Å². The van der Waals surface area contributed by atoms with Gasteiger partial charge in [-0.2, -0.15) is 0 Å². The maximum absolute atomic E-state index is 10.5. The Labute approximate surface area is 200 Å². The lowest BCUT2D eigenvalue weighted by Gasteiger charge is -2.37. The van der Waals surface area contributed by atoms with Crippen LogP contribution in [0.5, 0.6) is 5.75 Å². The van der Waals surface area contributed by atoms with Crippen molar-refractivity contribution in [3.63, 3.8) is 0 Å². The number of nitrogens with zero attached hydrogens (tertiary/aromatic N) is 2. The number of aryl methyl sites for hydroxylation is 2. The molecule has 0 amide bonds. The van der Waals surface area contributed by atoms with Gasteiger partial charge in [0.2, 0.25) is 0 Å². The smallest absolute Gasteiger partial charge is 0.414 e. The second-order valence-electron chi connectivity index (χ2n) is 8.30. The predicted molar refractivity (Wildman–Crippen MR) is 132 cm³/mol. The van der Waals surface area contributed by atoms with Crippen LogP contribution in [0.3, 0.4) is 0 Å². The molecule has 184 valence electrons. The maximum Gasteiger partial charge on any atom is 0.414 e. The molecule has 3 rings (SSSR count). The zero-order valence-corrected chi connectivity index (χ0v) is 19.8. The van der Waals surface area contributed by atoms with E-state index < -0.39 is 18.0 Å². The van der Waals surface area contributed by atoms with E-state index >= 15 is 0 Å². The van der Waals surface area contributed by atoms with E-state index in [4.69, 9.17) is 24.5 Å². The van der Waals surface area contributed by atoms with E-state index in [2.05, 4.69) is 60.6 Å². The van der Waals surface area contributed by atoms with Crippen molar-refractivity contribution in [3.05, 3.63) is 71.8 Å². The summed E-state index contributed by atoms with van der Waals surface area (Å²) in [6, 6.07) is 14.8. The van der Waals surface area contributed by atoms with Crippen LogP contribution in [-0.4, -0.2) is 77.6 Å². The molecule has 3 N–H and O–H groups in total. The Morgan fingerprint density at radius 2 is 1.59 bits per heavy atom. The number of rotatable bonds is 8. The molecule has 2 aromatic rings. The molecule has 1 atom stereocenters. The summed E-state index contributed by atoms with van der Waals surface area (Å²) in [5.41, 5.74) is 4.89. The topological polar surface area (TPSA) is 111 Å². The Morgan fingerprint density at radius 3 is 2.15 bits per heavy atom. The fraction of sp³-hybridized carbons (Fsp3) is 0.385. The molecule has 0 saturated carbocycles. The second-order valence-corrected chi connectivity index (χ2v) is 8.30. The summed E-state index contributed by atoms with van der Waals surface area (Å²) >= 11 is 0. The SMILES string of the molecule is C=CCc1cc(C)ccc1OCC(O)CN1CCN(c2ccc(C)cc2)CC1.O=C(O)C(=O)O. The number of aliphatic hydroxyl groups is 1. The van der Waals surface area contributed by atoms with Gasteiger partial charge >= 0.3 is 11.9 Å². The Balaban J connectivity index is 0.000000604. The van der Waals surface area contributed by atoms with Crippen LogP contribution in [0, 0.1) is 13.8 Å². The van der Waals surface area contributed by atoms with Crippen LogP contribution in [0.1, 0.15) is 16.7 Å². The van der Waals surface area contributed by atoms with Crippen molar-refractivity contribution in [3.8, 4) is 5.75 Å². The number of ether oxygens (including phenoxy) is 1. The Morgan fingerprint density at radius 1 is 1.00 bits per heavy atom. The average molecular weight is 471 g/mol. The first kappa shape index (κ1) is 26.9. The van der Waals surface area contributed by atoms with Gasteiger partial charge in [0.1, 0.15) is 18.5 Å². The lowest BCUT2D eigenvalue weighted by atomic mass is 10.1. The largest absolute Gasteiger partial charge is 0.491 e. The molecule has 0 aliphatic carbocycles. The van der Waals surface area contributed by atoms with Crippen LogP contribution in [0.25, 0.3) is 0 Å². The van der Waals surface area contributed by atoms with Crippen molar-refractivity contribution in [1.82, 2.24) is 4.90 Å². The van der Waals surface area contributed by atoms with Crippen molar-refractivity contribution in [1.29, 1.82) is 0 Å². The van der Waals surface area contributed by atoms with Crippen LogP contribution in [-0.2, 0) is 16.0 Å². The van der Waals surface area contributed by atoms with Crippen LogP contribution in [0.2, 0.25) is 0 Å². The highest BCUT2D eigenvalue weighted by Crippen LogP contribution is 2.21. The molecule has 0 radical (unpaired) electrons. The van der Waals surface area contributed by atoms with Gasteiger partial charge in [-0.25, -0.2) is 9.59 Å². The number of carboxylic acid groups (broad SMARTS) is 2. The number of allylic oxidation sites excluding steroid dienone is 1. The fourth-order valence-corrected chi connectivity index (χ4v) is 3.65. The number of anilines is 1. The summed E-state index contributed by atoms with van der Waals surface area (Å²) < 4.78 is 5.91. The highest BCUT2D eigenvalue weighted by molar-refractivity contribution is 6.27. The molecular weight excluding hydrogens is 436 g/mol. The van der Waals surface area contributed by atoms with Crippen molar-refractivity contribution >= 4 is 17.6 Å². The first-order chi connectivity index (χ1) is 16.2. The molecule has 1 saturated heterocycles. The van der Waals surface area contributed by atoms with E-state index in [1.54, 1.807) is 0 Å². The molecule has 34 heavy (non-hydrogen) atoms. The summed E-state index contributed by atoms with van der Waals surface area (Å²) in [7, 11) is 0. The minimum atomic E-state index is -1.82. The number of carboxylic acids is 2. The molecule has 0 spiro atoms. The predicted octanol–water partition coefficient (Wildman–Crippen LogP) is 2.75. The van der Waals surface area contributed by atoms with E-state index in [1.165, 1.54) is 16.8 Å². The van der Waals surface area contributed by atoms with Gasteiger partial charge in [-0.15, -0.1) is 6.58 Å². The molecule has 1 unspecified atom stereocenters. The Bertz CT molecular complexity index is 940. The molecule has 8 nitrogen and oxygen atoms in total. The quantitative estimate of drug-likeness (QED) is 0.399. The minimum absolute atomic E-state index is 0.311. The highest BCUT2D eigenvalue weighted by atomic mass is 16.5. The third-order valence-corrected chi connectivity index (χ3v) is 5.43. The molecule has 1 aliphatic heterocycles. The van der Waals surface area contributed by atoms with Crippen molar-refractivity contribution in [2.24, 2.45) is 0 Å². The molecule has 8 heteroatoms. The zero-order valence-electron chi connectivity index (χ0n) is 19.8. The zero-order chi connectivity index (χ0) is 25.1. The van der Waals surface area contributed by atoms with Gasteiger partial charge in [0, 0.05) is 38.4 Å². The molecule has 0 bridgehead atoms. The van der Waals surface area contributed by atoms with E-state index in [0.717, 1.165) is 43.9 Å². The van der Waals surface area contributed by atoms with E-state index in [1.807, 2.05) is 18.2 Å². The van der Waals surface area contributed by atoms with Crippen molar-refractivity contribution in [2.75, 3.05) is 44.2 Å². The van der Waals surface area contributed by atoms with Gasteiger partial charge in [0.15, 0.2) is 0 Å². The van der Waals surface area contributed by atoms with Gasteiger partial charge in [-0.1, -0.05) is 41.5 Å². The van der Waals surface area contributed by atoms with Crippen LogP contribution in [0.4, 0.5) is 5.69 Å².